The SMILES string of the molecule is Clc1ccc(-c2cc3ccccc3n2-c2ccccn2)cc1. The van der Waals surface area contributed by atoms with Gasteiger partial charge in [0.1, 0.15) is 5.82 Å². The molecule has 2 nitrogen and oxygen atoms in total. The van der Waals surface area contributed by atoms with Crippen LogP contribution in [0.3, 0.4) is 0 Å². The third kappa shape index (κ3) is 2.18. The fraction of sp³-hybridized carbons (Fsp3) is 0. The van der Waals surface area contributed by atoms with Crippen LogP contribution in [0.2, 0.25) is 5.02 Å². The first-order valence-corrected chi connectivity index (χ1v) is 7.48. The first kappa shape index (κ1) is 13.1. The minimum atomic E-state index is 0.740. The van der Waals surface area contributed by atoms with Crippen LogP contribution in [-0.2, 0) is 0 Å². The van der Waals surface area contributed by atoms with Crippen molar-refractivity contribution in [3.05, 3.63) is 84.0 Å². The fourth-order valence-electron chi connectivity index (χ4n) is 2.72. The number of pyridine rings is 1. The Bertz CT molecular complexity index is 925. The Morgan fingerprint density at radius 2 is 1.59 bits per heavy atom. The standard InChI is InChI=1S/C19H13ClN2/c20-16-10-8-14(9-11-16)18-13-15-5-1-2-6-17(15)22(18)19-7-3-4-12-21-19/h1-13H. The van der Waals surface area contributed by atoms with Crippen LogP contribution in [0.15, 0.2) is 79.0 Å². The summed E-state index contributed by atoms with van der Waals surface area (Å²) in [7, 11) is 0. The lowest BCUT2D eigenvalue weighted by Crippen LogP contribution is -1.98. The second-order valence-corrected chi connectivity index (χ2v) is 5.56. The van der Waals surface area contributed by atoms with E-state index in [1.165, 1.54) is 5.39 Å². The van der Waals surface area contributed by atoms with Gasteiger partial charge in [-0.15, -0.1) is 0 Å². The predicted molar refractivity (Wildman–Crippen MR) is 91.5 cm³/mol. The summed E-state index contributed by atoms with van der Waals surface area (Å²) < 4.78 is 2.18. The van der Waals surface area contributed by atoms with E-state index in [4.69, 9.17) is 11.6 Å². The number of benzene rings is 2. The van der Waals surface area contributed by atoms with Gasteiger partial charge in [0.05, 0.1) is 11.2 Å². The highest BCUT2D eigenvalue weighted by Gasteiger charge is 2.12. The molecule has 4 aromatic rings. The van der Waals surface area contributed by atoms with E-state index in [1.54, 1.807) is 0 Å². The summed E-state index contributed by atoms with van der Waals surface area (Å²) in [4.78, 5) is 4.51. The van der Waals surface area contributed by atoms with Crippen molar-refractivity contribution in [3.8, 4) is 17.1 Å². The van der Waals surface area contributed by atoms with Crippen LogP contribution in [0.4, 0.5) is 0 Å². The Morgan fingerprint density at radius 3 is 2.36 bits per heavy atom. The number of aromatic nitrogens is 2. The first-order chi connectivity index (χ1) is 10.8. The summed E-state index contributed by atoms with van der Waals surface area (Å²) in [6, 6.07) is 24.4. The summed E-state index contributed by atoms with van der Waals surface area (Å²) in [5, 5.41) is 1.93. The molecule has 0 spiro atoms. The van der Waals surface area contributed by atoms with E-state index in [0.717, 1.165) is 27.6 Å². The van der Waals surface area contributed by atoms with Gasteiger partial charge in [-0.2, -0.15) is 0 Å². The van der Waals surface area contributed by atoms with Crippen molar-refractivity contribution in [3.63, 3.8) is 0 Å². The van der Waals surface area contributed by atoms with E-state index in [1.807, 2.05) is 54.7 Å². The molecule has 0 aliphatic carbocycles. The van der Waals surface area contributed by atoms with E-state index in [-0.39, 0.29) is 0 Å². The van der Waals surface area contributed by atoms with Gasteiger partial charge < -0.3 is 0 Å². The fourth-order valence-corrected chi connectivity index (χ4v) is 2.85. The molecule has 0 aliphatic rings. The van der Waals surface area contributed by atoms with Gasteiger partial charge in [0, 0.05) is 16.6 Å². The minimum absolute atomic E-state index is 0.740. The second kappa shape index (κ2) is 5.32. The van der Waals surface area contributed by atoms with E-state index in [0.29, 0.717) is 0 Å². The molecule has 22 heavy (non-hydrogen) atoms. The Balaban J connectivity index is 2.04. The van der Waals surface area contributed by atoms with Crippen molar-refractivity contribution >= 4 is 22.5 Å². The molecule has 0 radical (unpaired) electrons. The Labute approximate surface area is 133 Å². The molecule has 0 amide bonds. The second-order valence-electron chi connectivity index (χ2n) is 5.12. The van der Waals surface area contributed by atoms with Crippen LogP contribution in [0, 0.1) is 0 Å². The molecule has 0 fully saturated rings. The molecule has 0 saturated heterocycles. The van der Waals surface area contributed by atoms with Crippen molar-refractivity contribution in [2.24, 2.45) is 0 Å². The van der Waals surface area contributed by atoms with Gasteiger partial charge in [0.25, 0.3) is 0 Å². The third-order valence-corrected chi connectivity index (χ3v) is 3.98. The Hall–Kier alpha value is -2.58. The lowest BCUT2D eigenvalue weighted by molar-refractivity contribution is 1.05. The monoisotopic (exact) mass is 304 g/mol. The predicted octanol–water partition coefficient (Wildman–Crippen LogP) is 5.35. The Kier molecular flexibility index (Phi) is 3.17. The summed E-state index contributed by atoms with van der Waals surface area (Å²) in [6.07, 6.45) is 1.82. The molecule has 2 aromatic carbocycles. The lowest BCUT2D eigenvalue weighted by Gasteiger charge is -2.10. The zero-order valence-electron chi connectivity index (χ0n) is 11.8. The molecule has 0 N–H and O–H groups in total. The zero-order chi connectivity index (χ0) is 14.9. The average molecular weight is 305 g/mol. The van der Waals surface area contributed by atoms with Gasteiger partial charge in [-0.25, -0.2) is 4.98 Å². The Morgan fingerprint density at radius 1 is 0.818 bits per heavy atom. The van der Waals surface area contributed by atoms with Gasteiger partial charge in [-0.3, -0.25) is 4.57 Å². The molecule has 0 atom stereocenters. The molecule has 4 rings (SSSR count). The molecule has 2 heterocycles. The highest BCUT2D eigenvalue weighted by Crippen LogP contribution is 2.31. The van der Waals surface area contributed by atoms with E-state index in [2.05, 4.69) is 33.8 Å². The van der Waals surface area contributed by atoms with E-state index in [9.17, 15) is 0 Å². The molecule has 0 saturated carbocycles. The number of hydrogen-bond donors (Lipinski definition) is 0. The summed E-state index contributed by atoms with van der Waals surface area (Å²) in [6.45, 7) is 0. The van der Waals surface area contributed by atoms with E-state index >= 15 is 0 Å². The van der Waals surface area contributed by atoms with Gasteiger partial charge >= 0.3 is 0 Å². The average Bonchev–Trinajstić information content (AvgIpc) is 2.96. The quantitative estimate of drug-likeness (QED) is 0.488. The summed E-state index contributed by atoms with van der Waals surface area (Å²) in [5.41, 5.74) is 3.37. The smallest absolute Gasteiger partial charge is 0.137 e. The third-order valence-electron chi connectivity index (χ3n) is 3.73. The van der Waals surface area contributed by atoms with Crippen LogP contribution in [0.5, 0.6) is 0 Å². The molecule has 0 bridgehead atoms. The number of rotatable bonds is 2. The molecule has 3 heteroatoms. The van der Waals surface area contributed by atoms with Crippen LogP contribution >= 0.6 is 11.6 Å². The van der Waals surface area contributed by atoms with E-state index < -0.39 is 0 Å². The van der Waals surface area contributed by atoms with Crippen molar-refractivity contribution in [2.75, 3.05) is 0 Å². The van der Waals surface area contributed by atoms with Crippen LogP contribution in [-0.4, -0.2) is 9.55 Å². The molecule has 0 unspecified atom stereocenters. The number of halogens is 1. The highest BCUT2D eigenvalue weighted by atomic mass is 35.5. The van der Waals surface area contributed by atoms with Crippen LogP contribution in [0.25, 0.3) is 28.0 Å². The lowest BCUT2D eigenvalue weighted by atomic mass is 10.1. The molecular formula is C19H13ClN2. The maximum Gasteiger partial charge on any atom is 0.137 e. The van der Waals surface area contributed by atoms with Crippen LogP contribution in [0.1, 0.15) is 0 Å². The van der Waals surface area contributed by atoms with Gasteiger partial charge in [0.2, 0.25) is 0 Å². The summed E-state index contributed by atoms with van der Waals surface area (Å²) >= 11 is 6.02. The highest BCUT2D eigenvalue weighted by molar-refractivity contribution is 6.30. The zero-order valence-corrected chi connectivity index (χ0v) is 12.5. The maximum atomic E-state index is 6.02. The molecule has 2 aromatic heterocycles. The maximum absolute atomic E-state index is 6.02. The van der Waals surface area contributed by atoms with Gasteiger partial charge in [0.15, 0.2) is 0 Å². The van der Waals surface area contributed by atoms with Crippen molar-refractivity contribution in [1.29, 1.82) is 0 Å². The van der Waals surface area contributed by atoms with Crippen LogP contribution < -0.4 is 0 Å². The van der Waals surface area contributed by atoms with Crippen molar-refractivity contribution < 1.29 is 0 Å². The molecule has 0 aliphatic heterocycles. The topological polar surface area (TPSA) is 17.8 Å². The van der Waals surface area contributed by atoms with Gasteiger partial charge in [-0.05, 0) is 42.0 Å². The minimum Gasteiger partial charge on any atom is -0.294 e. The number of fused-ring (bicyclic) bond motifs is 1. The van der Waals surface area contributed by atoms with Crippen molar-refractivity contribution in [1.82, 2.24) is 9.55 Å². The number of para-hydroxylation sites is 1. The van der Waals surface area contributed by atoms with Gasteiger partial charge in [-0.1, -0.05) is 48.0 Å². The number of nitrogens with zero attached hydrogens (tertiary/aromatic N) is 2. The largest absolute Gasteiger partial charge is 0.294 e. The van der Waals surface area contributed by atoms with Crippen molar-refractivity contribution in [2.45, 2.75) is 0 Å². The molecule has 106 valence electrons. The summed E-state index contributed by atoms with van der Waals surface area (Å²) in [5.74, 6) is 0.911. The normalized spacial score (nSPS) is 11.0. The molecular weight excluding hydrogens is 292 g/mol. The number of hydrogen-bond acceptors (Lipinski definition) is 1. The first-order valence-electron chi connectivity index (χ1n) is 7.11.